The molecule has 0 saturated heterocycles. The van der Waals surface area contributed by atoms with Gasteiger partial charge in [0.15, 0.2) is 0 Å². The summed E-state index contributed by atoms with van der Waals surface area (Å²) in [5, 5.41) is 3.50. The third-order valence-corrected chi connectivity index (χ3v) is 4.38. The van der Waals surface area contributed by atoms with Crippen LogP contribution in [-0.4, -0.2) is 47.5 Å². The predicted molar refractivity (Wildman–Crippen MR) is 84.7 cm³/mol. The van der Waals surface area contributed by atoms with E-state index < -0.39 is 5.54 Å². The number of amides is 1. The first-order valence-electron chi connectivity index (χ1n) is 7.82. The Morgan fingerprint density at radius 3 is 2.59 bits per heavy atom. The van der Waals surface area contributed by atoms with Crippen molar-refractivity contribution in [2.24, 2.45) is 0 Å². The molecule has 0 aliphatic heterocycles. The highest BCUT2D eigenvalue weighted by atomic mass is 16.5. The minimum absolute atomic E-state index is 0.166. The molecule has 1 N–H and O–H groups in total. The van der Waals surface area contributed by atoms with E-state index in [-0.39, 0.29) is 5.91 Å². The van der Waals surface area contributed by atoms with E-state index in [0.717, 1.165) is 36.9 Å². The average Bonchev–Trinajstić information content (AvgIpc) is 2.53. The van der Waals surface area contributed by atoms with E-state index in [1.165, 1.54) is 6.42 Å². The molecule has 0 radical (unpaired) electrons. The molecular weight excluding hydrogens is 280 g/mol. The molecule has 6 heteroatoms. The molecule has 0 spiro atoms. The van der Waals surface area contributed by atoms with Gasteiger partial charge in [0.25, 0.3) is 0 Å². The fourth-order valence-corrected chi connectivity index (χ4v) is 3.06. The van der Waals surface area contributed by atoms with Gasteiger partial charge in [-0.1, -0.05) is 19.3 Å². The number of likely N-dealkylation sites (N-methyl/N-ethyl adjacent to an activating group) is 1. The molecular formula is C16H26N4O2. The molecule has 6 nitrogen and oxygen atoms in total. The molecule has 1 saturated carbocycles. The number of carbonyl (C=O) groups excluding carboxylic acids is 1. The highest BCUT2D eigenvalue weighted by Gasteiger charge is 2.40. The number of ether oxygens (including phenoxy) is 1. The lowest BCUT2D eigenvalue weighted by atomic mass is 9.80. The molecule has 122 valence electrons. The Balaban J connectivity index is 2.13. The van der Waals surface area contributed by atoms with Gasteiger partial charge in [0.1, 0.15) is 0 Å². The van der Waals surface area contributed by atoms with Gasteiger partial charge in [-0.15, -0.1) is 0 Å². The maximum atomic E-state index is 12.6. The van der Waals surface area contributed by atoms with Crippen LogP contribution in [0.5, 0.6) is 6.01 Å². The van der Waals surface area contributed by atoms with Gasteiger partial charge in [0, 0.05) is 38.1 Å². The molecule has 0 atom stereocenters. The van der Waals surface area contributed by atoms with Crippen molar-refractivity contribution >= 4 is 5.91 Å². The first kappa shape index (κ1) is 16.7. The normalized spacial score (nSPS) is 17.1. The minimum atomic E-state index is -0.450. The molecule has 1 aliphatic carbocycles. The molecule has 1 aromatic heterocycles. The average molecular weight is 306 g/mol. The van der Waals surface area contributed by atoms with Crippen molar-refractivity contribution in [3.05, 3.63) is 17.5 Å². The number of hydrogen-bond acceptors (Lipinski definition) is 5. The fourth-order valence-electron chi connectivity index (χ4n) is 3.06. The van der Waals surface area contributed by atoms with Crippen molar-refractivity contribution in [3.63, 3.8) is 0 Å². The highest BCUT2D eigenvalue weighted by molar-refractivity contribution is 5.86. The zero-order valence-corrected chi connectivity index (χ0v) is 14.0. The molecule has 1 amide bonds. The van der Waals surface area contributed by atoms with Crippen molar-refractivity contribution in [1.82, 2.24) is 20.2 Å². The monoisotopic (exact) mass is 306 g/mol. The Labute approximate surface area is 132 Å². The van der Waals surface area contributed by atoms with Crippen LogP contribution >= 0.6 is 0 Å². The van der Waals surface area contributed by atoms with Gasteiger partial charge in [-0.05, 0) is 19.8 Å². The standard InChI is InChI=1S/C16H26N4O2/c1-12-13(10-17-15(19-12)22-4)11-18-16(14(21)20(2)3)8-6-5-7-9-16/h10,18H,5-9,11H2,1-4H3. The number of aryl methyl sites for hydroxylation is 1. The van der Waals surface area contributed by atoms with Crippen molar-refractivity contribution in [2.75, 3.05) is 21.2 Å². The van der Waals surface area contributed by atoms with Gasteiger partial charge in [-0.25, -0.2) is 9.97 Å². The van der Waals surface area contributed by atoms with E-state index in [4.69, 9.17) is 4.74 Å². The van der Waals surface area contributed by atoms with Gasteiger partial charge in [0.05, 0.1) is 12.6 Å². The van der Waals surface area contributed by atoms with Gasteiger partial charge >= 0.3 is 6.01 Å². The molecule has 1 fully saturated rings. The molecule has 0 bridgehead atoms. The van der Waals surface area contributed by atoms with Crippen molar-refractivity contribution in [3.8, 4) is 6.01 Å². The number of aromatic nitrogens is 2. The van der Waals surface area contributed by atoms with E-state index in [0.29, 0.717) is 12.6 Å². The first-order valence-corrected chi connectivity index (χ1v) is 7.82. The molecule has 0 unspecified atom stereocenters. The Morgan fingerprint density at radius 1 is 1.36 bits per heavy atom. The lowest BCUT2D eigenvalue weighted by molar-refractivity contribution is -0.137. The van der Waals surface area contributed by atoms with Crippen LogP contribution in [0.2, 0.25) is 0 Å². The summed E-state index contributed by atoms with van der Waals surface area (Å²) in [5.41, 5.74) is 1.42. The van der Waals surface area contributed by atoms with E-state index >= 15 is 0 Å². The molecule has 1 aliphatic rings. The number of methoxy groups -OCH3 is 1. The topological polar surface area (TPSA) is 67.3 Å². The molecule has 0 aromatic carbocycles. The maximum Gasteiger partial charge on any atom is 0.316 e. The lowest BCUT2D eigenvalue weighted by Gasteiger charge is -2.38. The van der Waals surface area contributed by atoms with E-state index in [1.54, 1.807) is 18.2 Å². The summed E-state index contributed by atoms with van der Waals surface area (Å²) < 4.78 is 5.03. The second-order valence-electron chi connectivity index (χ2n) is 6.16. The van der Waals surface area contributed by atoms with Gasteiger partial charge in [-0.2, -0.15) is 0 Å². The largest absolute Gasteiger partial charge is 0.467 e. The zero-order chi connectivity index (χ0) is 16.2. The predicted octanol–water partition coefficient (Wildman–Crippen LogP) is 1.67. The number of carbonyl (C=O) groups is 1. The summed E-state index contributed by atoms with van der Waals surface area (Å²) in [6, 6.07) is 0.373. The van der Waals surface area contributed by atoms with Crippen LogP contribution in [0, 0.1) is 6.92 Å². The van der Waals surface area contributed by atoms with Crippen LogP contribution in [0.3, 0.4) is 0 Å². The number of hydrogen-bond donors (Lipinski definition) is 1. The fraction of sp³-hybridized carbons (Fsp3) is 0.688. The lowest BCUT2D eigenvalue weighted by Crippen LogP contribution is -2.57. The molecule has 1 aromatic rings. The van der Waals surface area contributed by atoms with Crippen LogP contribution in [0.15, 0.2) is 6.20 Å². The van der Waals surface area contributed by atoms with Crippen molar-refractivity contribution < 1.29 is 9.53 Å². The van der Waals surface area contributed by atoms with Gasteiger partial charge in [0.2, 0.25) is 5.91 Å². The second kappa shape index (κ2) is 7.05. The number of nitrogens with zero attached hydrogens (tertiary/aromatic N) is 3. The summed E-state index contributed by atoms with van der Waals surface area (Å²) in [6.45, 7) is 2.53. The third kappa shape index (κ3) is 3.55. The quantitative estimate of drug-likeness (QED) is 0.896. The van der Waals surface area contributed by atoms with Crippen LogP contribution in [-0.2, 0) is 11.3 Å². The SMILES string of the molecule is COc1ncc(CNC2(C(=O)N(C)C)CCCCC2)c(C)n1. The highest BCUT2D eigenvalue weighted by Crippen LogP contribution is 2.30. The first-order chi connectivity index (χ1) is 10.5. The summed E-state index contributed by atoms with van der Waals surface area (Å²) in [6.07, 6.45) is 6.93. The Morgan fingerprint density at radius 2 is 2.05 bits per heavy atom. The molecule has 22 heavy (non-hydrogen) atoms. The summed E-state index contributed by atoms with van der Waals surface area (Å²) in [5.74, 6) is 0.166. The van der Waals surface area contributed by atoms with Gasteiger partial charge in [-0.3, -0.25) is 10.1 Å². The molecule has 1 heterocycles. The van der Waals surface area contributed by atoms with Crippen molar-refractivity contribution in [2.45, 2.75) is 51.1 Å². The van der Waals surface area contributed by atoms with E-state index in [2.05, 4.69) is 15.3 Å². The summed E-state index contributed by atoms with van der Waals surface area (Å²) in [7, 11) is 5.20. The second-order valence-corrected chi connectivity index (χ2v) is 6.16. The Kier molecular flexibility index (Phi) is 5.34. The van der Waals surface area contributed by atoms with Crippen LogP contribution < -0.4 is 10.1 Å². The minimum Gasteiger partial charge on any atom is -0.467 e. The van der Waals surface area contributed by atoms with Gasteiger partial charge < -0.3 is 9.64 Å². The van der Waals surface area contributed by atoms with Crippen LogP contribution in [0.25, 0.3) is 0 Å². The Hall–Kier alpha value is -1.69. The number of rotatable bonds is 5. The Bertz CT molecular complexity index is 525. The molecule has 2 rings (SSSR count). The number of nitrogens with one attached hydrogen (secondary N) is 1. The van der Waals surface area contributed by atoms with E-state index in [9.17, 15) is 4.79 Å². The summed E-state index contributed by atoms with van der Waals surface area (Å²) in [4.78, 5) is 22.8. The zero-order valence-electron chi connectivity index (χ0n) is 14.0. The van der Waals surface area contributed by atoms with Crippen LogP contribution in [0.1, 0.15) is 43.4 Å². The smallest absolute Gasteiger partial charge is 0.316 e. The van der Waals surface area contributed by atoms with E-state index in [1.807, 2.05) is 21.0 Å². The van der Waals surface area contributed by atoms with Crippen LogP contribution in [0.4, 0.5) is 0 Å². The maximum absolute atomic E-state index is 12.6. The third-order valence-electron chi connectivity index (χ3n) is 4.38. The van der Waals surface area contributed by atoms with Crippen molar-refractivity contribution in [1.29, 1.82) is 0 Å². The summed E-state index contributed by atoms with van der Waals surface area (Å²) >= 11 is 0.